The van der Waals surface area contributed by atoms with Crippen LogP contribution in [-0.2, 0) is 10.0 Å². The third-order valence-corrected chi connectivity index (χ3v) is 6.55. The van der Waals surface area contributed by atoms with E-state index in [0.717, 1.165) is 34.4 Å². The lowest BCUT2D eigenvalue weighted by Gasteiger charge is -2.22. The number of hydrogen-bond donors (Lipinski definition) is 1. The van der Waals surface area contributed by atoms with E-state index < -0.39 is 10.0 Å². The van der Waals surface area contributed by atoms with Crippen molar-refractivity contribution in [1.29, 1.82) is 0 Å². The van der Waals surface area contributed by atoms with Crippen LogP contribution in [0.3, 0.4) is 0 Å². The first kappa shape index (κ1) is 14.4. The molecule has 0 saturated carbocycles. The van der Waals surface area contributed by atoms with Gasteiger partial charge in [0.2, 0.25) is 10.0 Å². The summed E-state index contributed by atoms with van der Waals surface area (Å²) in [5.74, 6) is 2.00. The molecule has 1 fully saturated rings. The smallest absolute Gasteiger partial charge is 0.207 e. The Morgan fingerprint density at radius 1 is 1.44 bits per heavy atom. The van der Waals surface area contributed by atoms with Crippen molar-refractivity contribution >= 4 is 37.7 Å². The number of nitrogens with one attached hydrogen (secondary N) is 1. The Bertz CT molecular complexity index is 525. The third-order valence-electron chi connectivity index (χ3n) is 2.92. The van der Waals surface area contributed by atoms with Gasteiger partial charge in [0, 0.05) is 16.3 Å². The van der Waals surface area contributed by atoms with Crippen molar-refractivity contribution in [3.05, 3.63) is 28.2 Å². The number of sulfonamides is 1. The molecule has 0 aliphatic carbocycles. The van der Waals surface area contributed by atoms with Crippen LogP contribution in [0.4, 0.5) is 0 Å². The van der Waals surface area contributed by atoms with Gasteiger partial charge in [0.1, 0.15) is 0 Å². The quantitative estimate of drug-likeness (QED) is 0.912. The first-order valence-electron chi connectivity index (χ1n) is 5.85. The first-order chi connectivity index (χ1) is 8.49. The fourth-order valence-electron chi connectivity index (χ4n) is 1.91. The van der Waals surface area contributed by atoms with Crippen LogP contribution in [0.25, 0.3) is 0 Å². The van der Waals surface area contributed by atoms with Gasteiger partial charge in [0.15, 0.2) is 0 Å². The molecule has 0 spiro atoms. The van der Waals surface area contributed by atoms with Crippen LogP contribution in [0.1, 0.15) is 18.4 Å². The van der Waals surface area contributed by atoms with E-state index in [4.69, 9.17) is 0 Å². The summed E-state index contributed by atoms with van der Waals surface area (Å²) in [6.45, 7) is 1.89. The van der Waals surface area contributed by atoms with Gasteiger partial charge in [-0.2, -0.15) is 11.8 Å². The molecule has 1 N–H and O–H groups in total. The van der Waals surface area contributed by atoms with Gasteiger partial charge in [-0.1, -0.05) is 15.9 Å². The molecular weight excluding hydrogens is 334 g/mol. The van der Waals surface area contributed by atoms with Gasteiger partial charge in [-0.25, -0.2) is 13.1 Å². The van der Waals surface area contributed by atoms with Crippen molar-refractivity contribution in [3.63, 3.8) is 0 Å². The number of thioether (sulfide) groups is 1. The predicted molar refractivity (Wildman–Crippen MR) is 79.5 cm³/mol. The van der Waals surface area contributed by atoms with Gasteiger partial charge in [-0.05, 0) is 49.3 Å². The molecule has 100 valence electrons. The molecule has 1 aromatic rings. The summed E-state index contributed by atoms with van der Waals surface area (Å²) in [5.41, 5.74) is 0.927. The third kappa shape index (κ3) is 3.50. The summed E-state index contributed by atoms with van der Waals surface area (Å²) in [5, 5.41) is 0. The molecule has 2 rings (SSSR count). The molecule has 6 heteroatoms. The normalized spacial score (nSPS) is 20.9. The molecule has 0 radical (unpaired) electrons. The largest absolute Gasteiger partial charge is 0.240 e. The summed E-state index contributed by atoms with van der Waals surface area (Å²) in [7, 11) is -3.38. The van der Waals surface area contributed by atoms with E-state index in [2.05, 4.69) is 20.7 Å². The molecule has 18 heavy (non-hydrogen) atoms. The van der Waals surface area contributed by atoms with Gasteiger partial charge >= 0.3 is 0 Å². The topological polar surface area (TPSA) is 46.2 Å². The lowest BCUT2D eigenvalue weighted by atomic mass is 10.2. The van der Waals surface area contributed by atoms with E-state index in [0.29, 0.717) is 4.90 Å². The van der Waals surface area contributed by atoms with Gasteiger partial charge in [0.05, 0.1) is 4.90 Å². The van der Waals surface area contributed by atoms with Gasteiger partial charge < -0.3 is 0 Å². The molecular formula is C12H16BrNO2S2. The van der Waals surface area contributed by atoms with Crippen LogP contribution in [0.2, 0.25) is 0 Å². The van der Waals surface area contributed by atoms with E-state index in [-0.39, 0.29) is 6.04 Å². The Morgan fingerprint density at radius 2 is 2.22 bits per heavy atom. The van der Waals surface area contributed by atoms with E-state index in [1.807, 2.05) is 18.7 Å². The molecule has 1 aliphatic heterocycles. The molecule has 0 bridgehead atoms. The second kappa shape index (κ2) is 5.94. The molecule has 1 aromatic carbocycles. The van der Waals surface area contributed by atoms with Crippen molar-refractivity contribution < 1.29 is 8.42 Å². The lowest BCUT2D eigenvalue weighted by molar-refractivity contribution is 0.543. The van der Waals surface area contributed by atoms with Crippen LogP contribution in [0, 0.1) is 6.92 Å². The first-order valence-corrected chi connectivity index (χ1v) is 9.28. The number of rotatable bonds is 3. The van der Waals surface area contributed by atoms with Gasteiger partial charge in [0.25, 0.3) is 0 Å². The highest BCUT2D eigenvalue weighted by Crippen LogP contribution is 2.22. The van der Waals surface area contributed by atoms with E-state index in [9.17, 15) is 8.42 Å². The Hall–Kier alpha value is -0.0400. The highest BCUT2D eigenvalue weighted by molar-refractivity contribution is 9.10. The van der Waals surface area contributed by atoms with Crippen molar-refractivity contribution in [1.82, 2.24) is 4.72 Å². The zero-order valence-electron chi connectivity index (χ0n) is 10.1. The number of aryl methyl sites for hydroxylation is 1. The maximum absolute atomic E-state index is 12.2. The van der Waals surface area contributed by atoms with Crippen molar-refractivity contribution in [2.24, 2.45) is 0 Å². The van der Waals surface area contributed by atoms with Crippen molar-refractivity contribution in [2.45, 2.75) is 30.7 Å². The average Bonchev–Trinajstić information content (AvgIpc) is 2.33. The minimum atomic E-state index is -3.38. The second-order valence-corrected chi connectivity index (χ2v) is 8.16. The van der Waals surface area contributed by atoms with E-state index in [1.165, 1.54) is 0 Å². The summed E-state index contributed by atoms with van der Waals surface area (Å²) in [6.07, 6.45) is 2.01. The molecule has 1 saturated heterocycles. The summed E-state index contributed by atoms with van der Waals surface area (Å²) in [4.78, 5) is 0.346. The van der Waals surface area contributed by atoms with Crippen molar-refractivity contribution in [2.75, 3.05) is 11.5 Å². The van der Waals surface area contributed by atoms with Crippen molar-refractivity contribution in [3.8, 4) is 0 Å². The van der Waals surface area contributed by atoms with Crippen LogP contribution in [0.15, 0.2) is 27.6 Å². The number of hydrogen-bond acceptors (Lipinski definition) is 3. The summed E-state index contributed by atoms with van der Waals surface area (Å²) in [6, 6.07) is 5.18. The molecule has 1 heterocycles. The van der Waals surface area contributed by atoms with Crippen LogP contribution < -0.4 is 4.72 Å². The molecule has 0 amide bonds. The minimum absolute atomic E-state index is 0.0673. The monoisotopic (exact) mass is 349 g/mol. The van der Waals surface area contributed by atoms with Crippen LogP contribution in [0.5, 0.6) is 0 Å². The average molecular weight is 350 g/mol. The zero-order valence-corrected chi connectivity index (χ0v) is 13.4. The minimum Gasteiger partial charge on any atom is -0.207 e. The molecule has 1 unspecified atom stereocenters. The lowest BCUT2D eigenvalue weighted by Crippen LogP contribution is -2.38. The summed E-state index contributed by atoms with van der Waals surface area (Å²) < 4.78 is 28.2. The summed E-state index contributed by atoms with van der Waals surface area (Å²) >= 11 is 5.19. The second-order valence-electron chi connectivity index (χ2n) is 4.45. The molecule has 3 nitrogen and oxygen atoms in total. The number of benzene rings is 1. The highest BCUT2D eigenvalue weighted by Gasteiger charge is 2.22. The van der Waals surface area contributed by atoms with Crippen LogP contribution in [-0.4, -0.2) is 26.0 Å². The fourth-order valence-corrected chi connectivity index (χ4v) is 4.68. The SMILES string of the molecule is Cc1cc(S(=O)(=O)NC2CCCSC2)ccc1Br. The zero-order chi connectivity index (χ0) is 13.2. The van der Waals surface area contributed by atoms with Gasteiger partial charge in [-0.3, -0.25) is 0 Å². The maximum atomic E-state index is 12.2. The highest BCUT2D eigenvalue weighted by atomic mass is 79.9. The number of halogens is 1. The molecule has 1 atom stereocenters. The van der Waals surface area contributed by atoms with E-state index in [1.54, 1.807) is 18.2 Å². The van der Waals surface area contributed by atoms with Crippen LogP contribution >= 0.6 is 27.7 Å². The molecule has 0 aromatic heterocycles. The molecule has 1 aliphatic rings. The standard InChI is InChI=1S/C12H16BrNO2S2/c1-9-7-11(4-5-12(9)13)18(15,16)14-10-3-2-6-17-8-10/h4-5,7,10,14H,2-3,6,8H2,1H3. The van der Waals surface area contributed by atoms with E-state index >= 15 is 0 Å². The Kier molecular flexibility index (Phi) is 4.75. The Morgan fingerprint density at radius 3 is 2.83 bits per heavy atom. The Balaban J connectivity index is 2.16. The fraction of sp³-hybridized carbons (Fsp3) is 0.500. The maximum Gasteiger partial charge on any atom is 0.240 e. The Labute approximate surface area is 121 Å². The van der Waals surface area contributed by atoms with Gasteiger partial charge in [-0.15, -0.1) is 0 Å². The predicted octanol–water partition coefficient (Wildman–Crippen LogP) is 2.93.